The van der Waals surface area contributed by atoms with Crippen molar-refractivity contribution in [3.8, 4) is 16.9 Å². The third kappa shape index (κ3) is 5.04. The third-order valence-corrected chi connectivity index (χ3v) is 8.86. The first-order chi connectivity index (χ1) is 20.7. The van der Waals surface area contributed by atoms with Crippen LogP contribution in [0, 0.1) is 5.82 Å². The minimum Gasteiger partial charge on any atom is -0.508 e. The molecular formula is C32H34F4N6O2. The number of likely N-dealkylation sites (N-methyl/N-ethyl adjacent to an activating group) is 1. The molecule has 4 aromatic rings. The molecule has 2 atom stereocenters. The number of benzene rings is 3. The van der Waals surface area contributed by atoms with Crippen LogP contribution in [0.1, 0.15) is 26.3 Å². The van der Waals surface area contributed by atoms with Crippen molar-refractivity contribution < 1.29 is 27.5 Å². The lowest BCUT2D eigenvalue weighted by molar-refractivity contribution is -0.137. The standard InChI is InChI=1S/C32H34F4N6O2/c1-17-14-42(18(2)13-41(17)19(3)43)30-25-12-26(32(34,35)36)27(24-11-22(44)10-20-8-6-7-9-23(20)24)28(33)29(25)37-31(38-30)40-15-21(16-40)39(4)5/h6-12,17-18,21,44H,13-16H2,1-5H3/t17-,18+/m1/s1. The number of piperazine rings is 1. The fourth-order valence-electron chi connectivity index (χ4n) is 6.35. The Labute approximate surface area is 252 Å². The number of alkyl halides is 3. The zero-order valence-corrected chi connectivity index (χ0v) is 25.2. The van der Waals surface area contributed by atoms with Crippen LogP contribution in [0.5, 0.6) is 5.75 Å². The minimum absolute atomic E-state index is 0.0632. The monoisotopic (exact) mass is 610 g/mol. The van der Waals surface area contributed by atoms with Crippen LogP contribution in [0.4, 0.5) is 29.3 Å². The summed E-state index contributed by atoms with van der Waals surface area (Å²) in [5, 5.41) is 11.2. The molecule has 0 radical (unpaired) electrons. The van der Waals surface area contributed by atoms with Crippen LogP contribution >= 0.6 is 0 Å². The van der Waals surface area contributed by atoms with Crippen molar-refractivity contribution in [3.05, 3.63) is 53.8 Å². The average molecular weight is 611 g/mol. The van der Waals surface area contributed by atoms with Gasteiger partial charge >= 0.3 is 6.18 Å². The fraction of sp³-hybridized carbons (Fsp3) is 0.406. The highest BCUT2D eigenvalue weighted by Gasteiger charge is 2.40. The van der Waals surface area contributed by atoms with E-state index in [0.717, 1.165) is 12.1 Å². The fourth-order valence-corrected chi connectivity index (χ4v) is 6.35. The summed E-state index contributed by atoms with van der Waals surface area (Å²) in [5.74, 6) is -1.09. The Morgan fingerprint density at radius 3 is 2.34 bits per heavy atom. The Balaban J connectivity index is 1.63. The van der Waals surface area contributed by atoms with Gasteiger partial charge in [0.15, 0.2) is 5.82 Å². The Morgan fingerprint density at radius 2 is 1.68 bits per heavy atom. The van der Waals surface area contributed by atoms with Crippen molar-refractivity contribution in [2.45, 2.75) is 45.1 Å². The molecule has 0 bridgehead atoms. The van der Waals surface area contributed by atoms with E-state index >= 15 is 4.39 Å². The molecular weight excluding hydrogens is 576 g/mol. The Morgan fingerprint density at radius 1 is 0.977 bits per heavy atom. The molecule has 6 rings (SSSR count). The summed E-state index contributed by atoms with van der Waals surface area (Å²) in [5.41, 5.74) is -2.17. The molecule has 1 amide bonds. The lowest BCUT2D eigenvalue weighted by Crippen LogP contribution is -2.59. The maximum absolute atomic E-state index is 16.9. The largest absolute Gasteiger partial charge is 0.508 e. The van der Waals surface area contributed by atoms with Gasteiger partial charge in [0.2, 0.25) is 11.9 Å². The maximum atomic E-state index is 16.9. The highest BCUT2D eigenvalue weighted by atomic mass is 19.4. The number of anilines is 2. The minimum atomic E-state index is -4.94. The topological polar surface area (TPSA) is 76.0 Å². The van der Waals surface area contributed by atoms with E-state index in [1.807, 2.05) is 37.7 Å². The summed E-state index contributed by atoms with van der Waals surface area (Å²) in [6, 6.07) is 9.79. The Bertz CT molecular complexity index is 1770. The molecule has 8 nitrogen and oxygen atoms in total. The number of amides is 1. The molecule has 1 N–H and O–H groups in total. The van der Waals surface area contributed by atoms with Gasteiger partial charge in [0.1, 0.15) is 17.1 Å². The lowest BCUT2D eigenvalue weighted by Gasteiger charge is -2.45. The molecule has 0 unspecified atom stereocenters. The molecule has 232 valence electrons. The van der Waals surface area contributed by atoms with E-state index in [4.69, 9.17) is 4.98 Å². The zero-order valence-electron chi connectivity index (χ0n) is 25.2. The molecule has 0 spiro atoms. The normalized spacial score (nSPS) is 19.7. The van der Waals surface area contributed by atoms with Crippen molar-refractivity contribution >= 4 is 39.3 Å². The SMILES string of the molecule is CC(=O)N1C[C@H](C)N(c2nc(N3CC(N(C)C)C3)nc3c(F)c(-c4cc(O)cc5ccccc45)c(C(F)(F)F)cc23)C[C@H]1C. The maximum Gasteiger partial charge on any atom is 0.417 e. The van der Waals surface area contributed by atoms with E-state index in [-0.39, 0.29) is 58.0 Å². The van der Waals surface area contributed by atoms with Gasteiger partial charge in [-0.1, -0.05) is 24.3 Å². The van der Waals surface area contributed by atoms with E-state index < -0.39 is 23.1 Å². The summed E-state index contributed by atoms with van der Waals surface area (Å²) >= 11 is 0. The predicted molar refractivity (Wildman–Crippen MR) is 162 cm³/mol. The number of carbonyl (C=O) groups excluding carboxylic acids is 1. The van der Waals surface area contributed by atoms with Gasteiger partial charge in [-0.25, -0.2) is 9.37 Å². The van der Waals surface area contributed by atoms with Crippen molar-refractivity contribution in [1.29, 1.82) is 0 Å². The first-order valence-corrected chi connectivity index (χ1v) is 14.5. The van der Waals surface area contributed by atoms with Gasteiger partial charge in [-0.3, -0.25) is 4.79 Å². The summed E-state index contributed by atoms with van der Waals surface area (Å²) in [4.78, 5) is 29.1. The van der Waals surface area contributed by atoms with Crippen molar-refractivity contribution in [2.24, 2.45) is 0 Å². The number of fused-ring (bicyclic) bond motifs is 2. The number of halogens is 4. The summed E-state index contributed by atoms with van der Waals surface area (Å²) in [7, 11) is 3.91. The molecule has 3 heterocycles. The number of aromatic nitrogens is 2. The molecule has 0 saturated carbocycles. The number of carbonyl (C=O) groups is 1. The van der Waals surface area contributed by atoms with Gasteiger partial charge < -0.3 is 24.7 Å². The molecule has 3 aromatic carbocycles. The number of phenols is 1. The molecule has 2 fully saturated rings. The molecule has 0 aliphatic carbocycles. The molecule has 44 heavy (non-hydrogen) atoms. The lowest BCUT2D eigenvalue weighted by atomic mass is 9.91. The number of aromatic hydroxyl groups is 1. The van der Waals surface area contributed by atoms with Gasteiger partial charge in [-0.15, -0.1) is 0 Å². The average Bonchev–Trinajstić information content (AvgIpc) is 2.91. The molecule has 2 aliphatic rings. The van der Waals surface area contributed by atoms with E-state index in [1.165, 1.54) is 13.0 Å². The second-order valence-electron chi connectivity index (χ2n) is 12.1. The molecule has 12 heteroatoms. The first-order valence-electron chi connectivity index (χ1n) is 14.5. The second-order valence-corrected chi connectivity index (χ2v) is 12.1. The number of phenolic OH excluding ortho intramolecular Hbond substituents is 1. The van der Waals surface area contributed by atoms with Crippen LogP contribution in [0.15, 0.2) is 42.5 Å². The van der Waals surface area contributed by atoms with Gasteiger partial charge in [0.05, 0.1) is 5.56 Å². The van der Waals surface area contributed by atoms with Gasteiger partial charge in [-0.05, 0) is 62.5 Å². The number of nitrogens with zero attached hydrogens (tertiary/aromatic N) is 6. The van der Waals surface area contributed by atoms with Gasteiger partial charge in [0, 0.05) is 62.2 Å². The number of hydrogen-bond donors (Lipinski definition) is 1. The molecule has 2 saturated heterocycles. The van der Waals surface area contributed by atoms with E-state index in [2.05, 4.69) is 9.88 Å². The summed E-state index contributed by atoms with van der Waals surface area (Å²) in [6.07, 6.45) is -4.94. The van der Waals surface area contributed by atoms with Gasteiger partial charge in [-0.2, -0.15) is 18.2 Å². The van der Waals surface area contributed by atoms with Crippen molar-refractivity contribution in [1.82, 2.24) is 19.8 Å². The number of rotatable bonds is 4. The van der Waals surface area contributed by atoms with E-state index in [1.54, 1.807) is 29.2 Å². The summed E-state index contributed by atoms with van der Waals surface area (Å²) in [6.45, 7) is 7.02. The van der Waals surface area contributed by atoms with Crippen LogP contribution in [-0.4, -0.2) is 89.2 Å². The molecule has 1 aromatic heterocycles. The van der Waals surface area contributed by atoms with Crippen LogP contribution in [0.2, 0.25) is 0 Å². The Hall–Kier alpha value is -4.19. The molecule has 2 aliphatic heterocycles. The van der Waals surface area contributed by atoms with Crippen molar-refractivity contribution in [2.75, 3.05) is 50.1 Å². The summed E-state index contributed by atoms with van der Waals surface area (Å²) < 4.78 is 61.4. The second kappa shape index (κ2) is 10.8. The van der Waals surface area contributed by atoms with Crippen LogP contribution in [0.25, 0.3) is 32.8 Å². The Kier molecular flexibility index (Phi) is 7.30. The van der Waals surface area contributed by atoms with Crippen LogP contribution in [0.3, 0.4) is 0 Å². The van der Waals surface area contributed by atoms with Crippen molar-refractivity contribution in [3.63, 3.8) is 0 Å². The highest BCUT2D eigenvalue weighted by molar-refractivity contribution is 6.03. The first kappa shape index (κ1) is 29.9. The van der Waals surface area contributed by atoms with Crippen LogP contribution in [-0.2, 0) is 11.0 Å². The van der Waals surface area contributed by atoms with Crippen LogP contribution < -0.4 is 9.80 Å². The van der Waals surface area contributed by atoms with Gasteiger partial charge in [0.25, 0.3) is 0 Å². The highest BCUT2D eigenvalue weighted by Crippen LogP contribution is 2.46. The van der Waals surface area contributed by atoms with E-state index in [0.29, 0.717) is 37.0 Å². The zero-order chi connectivity index (χ0) is 31.7. The predicted octanol–water partition coefficient (Wildman–Crippen LogP) is 5.51. The third-order valence-electron chi connectivity index (χ3n) is 8.86. The van der Waals surface area contributed by atoms with E-state index in [9.17, 15) is 23.1 Å². The number of hydrogen-bond acceptors (Lipinski definition) is 7. The smallest absolute Gasteiger partial charge is 0.417 e. The quantitative estimate of drug-likeness (QED) is 0.306.